The lowest BCUT2D eigenvalue weighted by Crippen LogP contribution is -2.21. The molecule has 0 bridgehead atoms. The smallest absolute Gasteiger partial charge is 0.262 e. The lowest BCUT2D eigenvalue weighted by Gasteiger charge is -2.21. The third kappa shape index (κ3) is 3.61. The first-order valence-corrected chi connectivity index (χ1v) is 9.89. The van der Waals surface area contributed by atoms with Crippen LogP contribution in [0.2, 0.25) is 0 Å². The fourth-order valence-electron chi connectivity index (χ4n) is 2.97. The summed E-state index contributed by atoms with van der Waals surface area (Å²) < 4.78 is 28.3. The second-order valence-electron chi connectivity index (χ2n) is 5.80. The number of fused-ring (bicyclic) bond motifs is 1. The highest BCUT2D eigenvalue weighted by atomic mass is 32.2. The summed E-state index contributed by atoms with van der Waals surface area (Å²) in [6.07, 6.45) is 0. The van der Waals surface area contributed by atoms with Crippen LogP contribution in [0.4, 0.5) is 11.4 Å². The molecule has 0 atom stereocenters. The van der Waals surface area contributed by atoms with Crippen LogP contribution in [0.5, 0.6) is 0 Å². The van der Waals surface area contributed by atoms with Crippen molar-refractivity contribution in [1.82, 2.24) is 0 Å². The molecule has 0 aliphatic heterocycles. The summed E-state index contributed by atoms with van der Waals surface area (Å²) in [5.41, 5.74) is 1.64. The molecule has 0 saturated carbocycles. The zero-order chi connectivity index (χ0) is 17.9. The molecular weight excluding hydrogens is 332 g/mol. The first kappa shape index (κ1) is 17.3. The average molecular weight is 354 g/mol. The molecule has 0 aliphatic rings. The molecule has 5 heteroatoms. The van der Waals surface area contributed by atoms with Crippen LogP contribution >= 0.6 is 0 Å². The van der Waals surface area contributed by atoms with Gasteiger partial charge in [0.25, 0.3) is 10.0 Å². The van der Waals surface area contributed by atoms with Gasteiger partial charge in [0.2, 0.25) is 0 Å². The number of benzene rings is 3. The van der Waals surface area contributed by atoms with E-state index in [1.165, 1.54) is 0 Å². The SMILES string of the molecule is CCN(CC)c1ccc(NS(=O)(=O)c2cccc3ccccc23)cc1. The van der Waals surface area contributed by atoms with Crippen molar-refractivity contribution in [2.24, 2.45) is 0 Å². The van der Waals surface area contributed by atoms with E-state index in [9.17, 15) is 8.42 Å². The first-order chi connectivity index (χ1) is 12.0. The normalized spacial score (nSPS) is 11.4. The van der Waals surface area contributed by atoms with Crippen molar-refractivity contribution in [3.63, 3.8) is 0 Å². The van der Waals surface area contributed by atoms with Crippen LogP contribution in [-0.4, -0.2) is 21.5 Å². The predicted molar refractivity (Wildman–Crippen MR) is 105 cm³/mol. The molecule has 0 aliphatic carbocycles. The summed E-state index contributed by atoms with van der Waals surface area (Å²) in [6, 6.07) is 20.3. The van der Waals surface area contributed by atoms with E-state index in [1.54, 1.807) is 24.3 Å². The molecule has 0 unspecified atom stereocenters. The molecule has 0 spiro atoms. The highest BCUT2D eigenvalue weighted by Gasteiger charge is 2.17. The van der Waals surface area contributed by atoms with E-state index in [2.05, 4.69) is 23.5 Å². The summed E-state index contributed by atoms with van der Waals surface area (Å²) >= 11 is 0. The van der Waals surface area contributed by atoms with Crippen molar-refractivity contribution in [3.05, 3.63) is 66.7 Å². The molecule has 3 aromatic rings. The van der Waals surface area contributed by atoms with Crippen molar-refractivity contribution in [2.45, 2.75) is 18.7 Å². The Labute approximate surface area is 149 Å². The zero-order valence-corrected chi connectivity index (χ0v) is 15.3. The number of hydrogen-bond acceptors (Lipinski definition) is 3. The summed E-state index contributed by atoms with van der Waals surface area (Å²) in [4.78, 5) is 2.50. The van der Waals surface area contributed by atoms with Gasteiger partial charge in [0, 0.05) is 29.9 Å². The third-order valence-electron chi connectivity index (χ3n) is 4.29. The maximum atomic E-state index is 12.8. The Balaban J connectivity index is 1.91. The lowest BCUT2D eigenvalue weighted by atomic mass is 10.1. The molecule has 3 aromatic carbocycles. The van der Waals surface area contributed by atoms with Gasteiger partial charge in [0.15, 0.2) is 0 Å². The summed E-state index contributed by atoms with van der Waals surface area (Å²) in [6.45, 7) is 6.02. The second kappa shape index (κ2) is 7.15. The Kier molecular flexibility index (Phi) is 4.95. The van der Waals surface area contributed by atoms with Gasteiger partial charge in [-0.3, -0.25) is 4.72 Å². The minimum atomic E-state index is -3.65. The Morgan fingerprint density at radius 1 is 0.840 bits per heavy atom. The van der Waals surface area contributed by atoms with Crippen molar-refractivity contribution in [2.75, 3.05) is 22.7 Å². The van der Waals surface area contributed by atoms with Gasteiger partial charge in [-0.25, -0.2) is 8.42 Å². The zero-order valence-electron chi connectivity index (χ0n) is 14.4. The maximum absolute atomic E-state index is 12.8. The van der Waals surface area contributed by atoms with Gasteiger partial charge in [-0.2, -0.15) is 0 Å². The highest BCUT2D eigenvalue weighted by Crippen LogP contribution is 2.25. The third-order valence-corrected chi connectivity index (χ3v) is 5.73. The number of hydrogen-bond donors (Lipinski definition) is 1. The van der Waals surface area contributed by atoms with Crippen molar-refractivity contribution >= 4 is 32.2 Å². The largest absolute Gasteiger partial charge is 0.372 e. The predicted octanol–water partition coefficient (Wildman–Crippen LogP) is 4.49. The fraction of sp³-hybridized carbons (Fsp3) is 0.200. The lowest BCUT2D eigenvalue weighted by molar-refractivity contribution is 0.602. The van der Waals surface area contributed by atoms with E-state index in [0.717, 1.165) is 29.5 Å². The van der Waals surface area contributed by atoms with Gasteiger partial charge < -0.3 is 4.90 Å². The maximum Gasteiger partial charge on any atom is 0.262 e. The van der Waals surface area contributed by atoms with Crippen molar-refractivity contribution in [3.8, 4) is 0 Å². The monoisotopic (exact) mass is 354 g/mol. The molecule has 25 heavy (non-hydrogen) atoms. The van der Waals surface area contributed by atoms with E-state index in [1.807, 2.05) is 42.5 Å². The molecule has 130 valence electrons. The molecule has 1 N–H and O–H groups in total. The minimum absolute atomic E-state index is 0.290. The summed E-state index contributed by atoms with van der Waals surface area (Å²) in [7, 11) is -3.65. The van der Waals surface area contributed by atoms with Crippen molar-refractivity contribution < 1.29 is 8.42 Å². The quantitative estimate of drug-likeness (QED) is 0.710. The Morgan fingerprint density at radius 2 is 1.48 bits per heavy atom. The van der Waals surface area contributed by atoms with Crippen LogP contribution in [0.1, 0.15) is 13.8 Å². The first-order valence-electron chi connectivity index (χ1n) is 8.40. The Hall–Kier alpha value is -2.53. The van der Waals surface area contributed by atoms with Crippen LogP contribution in [0, 0.1) is 0 Å². The van der Waals surface area contributed by atoms with E-state index < -0.39 is 10.0 Å². The number of sulfonamides is 1. The van der Waals surface area contributed by atoms with Crippen LogP contribution in [0.3, 0.4) is 0 Å². The Morgan fingerprint density at radius 3 is 2.16 bits per heavy atom. The minimum Gasteiger partial charge on any atom is -0.372 e. The van der Waals surface area contributed by atoms with E-state index >= 15 is 0 Å². The van der Waals surface area contributed by atoms with Crippen LogP contribution in [0.25, 0.3) is 10.8 Å². The van der Waals surface area contributed by atoms with Gasteiger partial charge in [-0.15, -0.1) is 0 Å². The van der Waals surface area contributed by atoms with Crippen LogP contribution in [0.15, 0.2) is 71.6 Å². The van der Waals surface area contributed by atoms with E-state index in [0.29, 0.717) is 10.6 Å². The van der Waals surface area contributed by atoms with Gasteiger partial charge >= 0.3 is 0 Å². The fourth-order valence-corrected chi connectivity index (χ4v) is 4.26. The summed E-state index contributed by atoms with van der Waals surface area (Å²) in [5, 5.41) is 1.62. The van der Waals surface area contributed by atoms with Gasteiger partial charge in [-0.05, 0) is 49.6 Å². The molecule has 0 heterocycles. The van der Waals surface area contributed by atoms with Gasteiger partial charge in [0.1, 0.15) is 0 Å². The number of anilines is 2. The standard InChI is InChI=1S/C20H22N2O2S/c1-3-22(4-2)18-14-12-17(13-15-18)21-25(23,24)20-11-7-9-16-8-5-6-10-19(16)20/h5-15,21H,3-4H2,1-2H3. The number of nitrogens with one attached hydrogen (secondary N) is 1. The molecule has 0 amide bonds. The topological polar surface area (TPSA) is 49.4 Å². The van der Waals surface area contributed by atoms with Gasteiger partial charge in [-0.1, -0.05) is 36.4 Å². The molecule has 0 fully saturated rings. The van der Waals surface area contributed by atoms with Crippen LogP contribution in [-0.2, 0) is 10.0 Å². The molecule has 3 rings (SSSR count). The number of rotatable bonds is 6. The average Bonchev–Trinajstić information content (AvgIpc) is 2.63. The van der Waals surface area contributed by atoms with E-state index in [4.69, 9.17) is 0 Å². The van der Waals surface area contributed by atoms with Gasteiger partial charge in [0.05, 0.1) is 4.90 Å². The Bertz CT molecular complexity index is 957. The van der Waals surface area contributed by atoms with Crippen molar-refractivity contribution in [1.29, 1.82) is 0 Å². The molecule has 0 aromatic heterocycles. The highest BCUT2D eigenvalue weighted by molar-refractivity contribution is 7.93. The summed E-state index contributed by atoms with van der Waals surface area (Å²) in [5.74, 6) is 0. The molecule has 0 radical (unpaired) electrons. The van der Waals surface area contributed by atoms with Crippen LogP contribution < -0.4 is 9.62 Å². The molecular formula is C20H22N2O2S. The second-order valence-corrected chi connectivity index (χ2v) is 7.45. The number of nitrogens with zero attached hydrogens (tertiary/aromatic N) is 1. The van der Waals surface area contributed by atoms with E-state index in [-0.39, 0.29) is 0 Å². The molecule has 0 saturated heterocycles. The molecule has 4 nitrogen and oxygen atoms in total.